The van der Waals surface area contributed by atoms with Crippen molar-refractivity contribution in [1.82, 2.24) is 9.38 Å². The van der Waals surface area contributed by atoms with Gasteiger partial charge >= 0.3 is 0 Å². The number of fused-ring (bicyclic) bond motifs is 1. The highest BCUT2D eigenvalue weighted by molar-refractivity contribution is 5.47. The van der Waals surface area contributed by atoms with Crippen molar-refractivity contribution >= 4 is 5.65 Å². The molecule has 0 bridgehead atoms. The van der Waals surface area contributed by atoms with Gasteiger partial charge in [-0.05, 0) is 30.8 Å². The zero-order valence-corrected chi connectivity index (χ0v) is 11.8. The van der Waals surface area contributed by atoms with Crippen molar-refractivity contribution in [3.05, 3.63) is 54.4 Å². The summed E-state index contributed by atoms with van der Waals surface area (Å²) in [5.74, 6) is 2.02. The summed E-state index contributed by atoms with van der Waals surface area (Å²) >= 11 is 0. The third-order valence-electron chi connectivity index (χ3n) is 3.23. The number of benzene rings is 1. The number of nitrogens with zero attached hydrogens (tertiary/aromatic N) is 2. The summed E-state index contributed by atoms with van der Waals surface area (Å²) in [4.78, 5) is 4.53. The van der Waals surface area contributed by atoms with Crippen LogP contribution in [0.3, 0.4) is 0 Å². The molecular weight excluding hydrogens is 266 g/mol. The fraction of sp³-hybridized carbons (Fsp3) is 0.188. The first kappa shape index (κ1) is 13.5. The van der Waals surface area contributed by atoms with E-state index in [9.17, 15) is 0 Å². The SMILES string of the molecule is COc1cccc(Oc2nc3ccccn3c2CCN)c1. The van der Waals surface area contributed by atoms with E-state index in [-0.39, 0.29) is 0 Å². The largest absolute Gasteiger partial charge is 0.497 e. The minimum Gasteiger partial charge on any atom is -0.497 e. The van der Waals surface area contributed by atoms with Crippen LogP contribution in [0.15, 0.2) is 48.7 Å². The maximum absolute atomic E-state index is 5.92. The van der Waals surface area contributed by atoms with Crippen LogP contribution in [0, 0.1) is 0 Å². The smallest absolute Gasteiger partial charge is 0.241 e. The highest BCUT2D eigenvalue weighted by atomic mass is 16.5. The van der Waals surface area contributed by atoms with Crippen LogP contribution in [0.4, 0.5) is 0 Å². The van der Waals surface area contributed by atoms with Crippen LogP contribution in [-0.4, -0.2) is 23.0 Å². The first-order chi connectivity index (χ1) is 10.3. The first-order valence-electron chi connectivity index (χ1n) is 6.80. The highest BCUT2D eigenvalue weighted by Gasteiger charge is 2.13. The normalized spacial score (nSPS) is 10.8. The number of imidazole rings is 1. The van der Waals surface area contributed by atoms with Gasteiger partial charge < -0.3 is 19.6 Å². The summed E-state index contributed by atoms with van der Waals surface area (Å²) in [6.45, 7) is 0.539. The monoisotopic (exact) mass is 283 g/mol. The zero-order chi connectivity index (χ0) is 14.7. The van der Waals surface area contributed by atoms with Gasteiger partial charge in [0.2, 0.25) is 5.88 Å². The van der Waals surface area contributed by atoms with E-state index in [0.29, 0.717) is 24.6 Å². The van der Waals surface area contributed by atoms with Gasteiger partial charge in [0.05, 0.1) is 12.8 Å². The van der Waals surface area contributed by atoms with Gasteiger partial charge in [-0.2, -0.15) is 4.98 Å². The van der Waals surface area contributed by atoms with Crippen LogP contribution < -0.4 is 15.2 Å². The minimum atomic E-state index is 0.539. The lowest BCUT2D eigenvalue weighted by molar-refractivity contribution is 0.407. The van der Waals surface area contributed by atoms with Crippen LogP contribution >= 0.6 is 0 Å². The number of hydrogen-bond acceptors (Lipinski definition) is 4. The van der Waals surface area contributed by atoms with E-state index >= 15 is 0 Å². The van der Waals surface area contributed by atoms with Crippen molar-refractivity contribution in [2.45, 2.75) is 6.42 Å². The van der Waals surface area contributed by atoms with Gasteiger partial charge in [-0.3, -0.25) is 0 Å². The molecule has 108 valence electrons. The Morgan fingerprint density at radius 2 is 2.00 bits per heavy atom. The quantitative estimate of drug-likeness (QED) is 0.782. The molecule has 2 N–H and O–H groups in total. The summed E-state index contributed by atoms with van der Waals surface area (Å²) < 4.78 is 13.1. The standard InChI is InChI=1S/C16H17N3O2/c1-20-12-5-4-6-13(11-12)21-16-14(8-9-17)19-10-3-2-7-15(19)18-16/h2-7,10-11H,8-9,17H2,1H3. The van der Waals surface area contributed by atoms with E-state index in [1.165, 1.54) is 0 Å². The molecule has 2 heterocycles. The third kappa shape index (κ3) is 2.68. The van der Waals surface area contributed by atoms with E-state index in [1.807, 2.05) is 53.1 Å². The molecule has 0 aliphatic heterocycles. The van der Waals surface area contributed by atoms with Crippen molar-refractivity contribution < 1.29 is 9.47 Å². The molecule has 0 saturated carbocycles. The molecule has 0 fully saturated rings. The fourth-order valence-electron chi connectivity index (χ4n) is 2.25. The molecule has 0 aliphatic carbocycles. The Morgan fingerprint density at radius 1 is 1.14 bits per heavy atom. The molecule has 5 nitrogen and oxygen atoms in total. The second-order valence-corrected chi connectivity index (χ2v) is 4.61. The predicted molar refractivity (Wildman–Crippen MR) is 81.0 cm³/mol. The Hall–Kier alpha value is -2.53. The van der Waals surface area contributed by atoms with Crippen molar-refractivity contribution in [2.24, 2.45) is 5.73 Å². The molecule has 0 atom stereocenters. The second kappa shape index (κ2) is 5.85. The average molecular weight is 283 g/mol. The zero-order valence-electron chi connectivity index (χ0n) is 11.8. The molecule has 1 aromatic carbocycles. The Balaban J connectivity index is 2.00. The molecule has 3 aromatic rings. The van der Waals surface area contributed by atoms with E-state index < -0.39 is 0 Å². The van der Waals surface area contributed by atoms with Crippen LogP contribution in [0.2, 0.25) is 0 Å². The van der Waals surface area contributed by atoms with Crippen LogP contribution in [0.25, 0.3) is 5.65 Å². The van der Waals surface area contributed by atoms with E-state index in [1.54, 1.807) is 7.11 Å². The van der Waals surface area contributed by atoms with Gasteiger partial charge in [-0.25, -0.2) is 0 Å². The molecule has 0 spiro atoms. The number of nitrogens with two attached hydrogens (primary N) is 1. The summed E-state index contributed by atoms with van der Waals surface area (Å²) in [5, 5.41) is 0. The Bertz CT molecular complexity index is 752. The van der Waals surface area contributed by atoms with Crippen LogP contribution in [0.5, 0.6) is 17.4 Å². The molecule has 0 saturated heterocycles. The maximum Gasteiger partial charge on any atom is 0.241 e. The van der Waals surface area contributed by atoms with Gasteiger partial charge in [0.25, 0.3) is 0 Å². The number of rotatable bonds is 5. The lowest BCUT2D eigenvalue weighted by Crippen LogP contribution is -2.06. The molecule has 0 radical (unpaired) electrons. The predicted octanol–water partition coefficient (Wildman–Crippen LogP) is 2.64. The topological polar surface area (TPSA) is 61.8 Å². The Labute approximate surface area is 122 Å². The van der Waals surface area contributed by atoms with E-state index in [2.05, 4.69) is 4.98 Å². The first-order valence-corrected chi connectivity index (χ1v) is 6.80. The second-order valence-electron chi connectivity index (χ2n) is 4.61. The molecule has 0 unspecified atom stereocenters. The van der Waals surface area contributed by atoms with Crippen LogP contribution in [-0.2, 0) is 6.42 Å². The van der Waals surface area contributed by atoms with Crippen molar-refractivity contribution in [3.63, 3.8) is 0 Å². The number of aromatic nitrogens is 2. The molecular formula is C16H17N3O2. The van der Waals surface area contributed by atoms with Gasteiger partial charge in [-0.15, -0.1) is 0 Å². The lowest BCUT2D eigenvalue weighted by Gasteiger charge is -2.07. The van der Waals surface area contributed by atoms with Gasteiger partial charge in [-0.1, -0.05) is 12.1 Å². The molecule has 21 heavy (non-hydrogen) atoms. The number of ether oxygens (including phenoxy) is 2. The number of hydrogen-bond donors (Lipinski definition) is 1. The van der Waals surface area contributed by atoms with Crippen molar-refractivity contribution in [3.8, 4) is 17.4 Å². The maximum atomic E-state index is 5.92. The summed E-state index contributed by atoms with van der Waals surface area (Å²) in [6.07, 6.45) is 2.66. The van der Waals surface area contributed by atoms with E-state index in [0.717, 1.165) is 17.1 Å². The number of pyridine rings is 1. The fourth-order valence-corrected chi connectivity index (χ4v) is 2.25. The Morgan fingerprint density at radius 3 is 2.81 bits per heavy atom. The third-order valence-corrected chi connectivity index (χ3v) is 3.23. The molecule has 2 aromatic heterocycles. The van der Waals surface area contributed by atoms with Gasteiger partial charge in [0.1, 0.15) is 17.1 Å². The lowest BCUT2D eigenvalue weighted by atomic mass is 10.3. The molecule has 0 amide bonds. The minimum absolute atomic E-state index is 0.539. The average Bonchev–Trinajstić information content (AvgIpc) is 2.86. The van der Waals surface area contributed by atoms with Gasteiger partial charge in [0, 0.05) is 18.7 Å². The van der Waals surface area contributed by atoms with E-state index in [4.69, 9.17) is 15.2 Å². The molecule has 3 rings (SSSR count). The van der Waals surface area contributed by atoms with Gasteiger partial charge in [0.15, 0.2) is 0 Å². The molecule has 5 heteroatoms. The van der Waals surface area contributed by atoms with Crippen LogP contribution in [0.1, 0.15) is 5.69 Å². The van der Waals surface area contributed by atoms with Crippen molar-refractivity contribution in [2.75, 3.05) is 13.7 Å². The summed E-state index contributed by atoms with van der Waals surface area (Å²) in [5.41, 5.74) is 7.52. The summed E-state index contributed by atoms with van der Waals surface area (Å²) in [7, 11) is 1.63. The molecule has 0 aliphatic rings. The Kier molecular flexibility index (Phi) is 3.75. The van der Waals surface area contributed by atoms with Crippen molar-refractivity contribution in [1.29, 1.82) is 0 Å². The highest BCUT2D eigenvalue weighted by Crippen LogP contribution is 2.28. The number of methoxy groups -OCH3 is 1. The summed E-state index contributed by atoms with van der Waals surface area (Å²) in [6, 6.07) is 13.3.